The smallest absolute Gasteiger partial charge is 0.338 e. The molecule has 3 heteroatoms. The van der Waals surface area contributed by atoms with Gasteiger partial charge in [-0.05, 0) is 5.92 Å². The molecule has 2 nitrogen and oxygen atoms in total. The monoisotopic (exact) mass is 134 g/mol. The van der Waals surface area contributed by atoms with Gasteiger partial charge in [0.2, 0.25) is 0 Å². The molecule has 2 atom stereocenters. The number of carboxylic acids is 1. The molecular formula is C6H11FO2. The van der Waals surface area contributed by atoms with Gasteiger partial charge in [0.05, 0.1) is 0 Å². The Morgan fingerprint density at radius 3 is 2.33 bits per heavy atom. The maximum atomic E-state index is 12.3. The number of carboxylic acid groups (broad SMARTS) is 1. The van der Waals surface area contributed by atoms with E-state index in [-0.39, 0.29) is 5.92 Å². The van der Waals surface area contributed by atoms with E-state index in [1.54, 1.807) is 13.8 Å². The lowest BCUT2D eigenvalue weighted by Crippen LogP contribution is -2.22. The highest BCUT2D eigenvalue weighted by molar-refractivity contribution is 5.72. The van der Waals surface area contributed by atoms with Crippen LogP contribution in [-0.2, 0) is 4.79 Å². The van der Waals surface area contributed by atoms with Crippen LogP contribution in [0, 0.1) is 5.92 Å². The normalized spacial score (nSPS) is 16.8. The molecule has 0 amide bonds. The fourth-order valence-corrected chi connectivity index (χ4v) is 0.450. The van der Waals surface area contributed by atoms with Gasteiger partial charge in [-0.2, -0.15) is 0 Å². The van der Waals surface area contributed by atoms with E-state index in [1.807, 2.05) is 0 Å². The van der Waals surface area contributed by atoms with Crippen molar-refractivity contribution in [1.29, 1.82) is 0 Å². The second kappa shape index (κ2) is 3.43. The van der Waals surface area contributed by atoms with Gasteiger partial charge in [-0.1, -0.05) is 20.3 Å². The fraction of sp³-hybridized carbons (Fsp3) is 0.833. The van der Waals surface area contributed by atoms with Gasteiger partial charge in [0.1, 0.15) is 0 Å². The Labute approximate surface area is 53.7 Å². The Hall–Kier alpha value is -0.600. The minimum absolute atomic E-state index is 0.373. The molecule has 0 saturated heterocycles. The number of alkyl halides is 1. The average Bonchev–Trinajstić information content (AvgIpc) is 1.84. The molecule has 54 valence electrons. The molecule has 0 bridgehead atoms. The molecule has 0 spiro atoms. The Bertz CT molecular complexity index is 103. The zero-order chi connectivity index (χ0) is 7.44. The number of aliphatic carboxylic acids is 1. The average molecular weight is 134 g/mol. The van der Waals surface area contributed by atoms with E-state index in [2.05, 4.69) is 0 Å². The molecule has 0 fully saturated rings. The van der Waals surface area contributed by atoms with Crippen LogP contribution in [0.15, 0.2) is 0 Å². The Balaban J connectivity index is 3.72. The Morgan fingerprint density at radius 2 is 2.22 bits per heavy atom. The zero-order valence-corrected chi connectivity index (χ0v) is 5.60. The van der Waals surface area contributed by atoms with Crippen LogP contribution in [0.25, 0.3) is 0 Å². The van der Waals surface area contributed by atoms with Crippen LogP contribution in [-0.4, -0.2) is 17.2 Å². The van der Waals surface area contributed by atoms with E-state index in [0.29, 0.717) is 6.42 Å². The van der Waals surface area contributed by atoms with Crippen molar-refractivity contribution in [3.63, 3.8) is 0 Å². The third kappa shape index (κ3) is 2.44. The first-order valence-corrected chi connectivity index (χ1v) is 2.96. The summed E-state index contributed by atoms with van der Waals surface area (Å²) in [5.41, 5.74) is 0. The second-order valence-electron chi connectivity index (χ2n) is 2.13. The molecule has 0 aliphatic carbocycles. The first-order valence-electron chi connectivity index (χ1n) is 2.96. The highest BCUT2D eigenvalue weighted by Crippen LogP contribution is 2.10. The standard InChI is InChI=1S/C6H11FO2/c1-3-4(2)5(7)6(8)9/h4-5H,3H2,1-2H3,(H,8,9)/t4?,5-/m0/s1. The van der Waals surface area contributed by atoms with E-state index in [9.17, 15) is 9.18 Å². The van der Waals surface area contributed by atoms with Crippen molar-refractivity contribution in [1.82, 2.24) is 0 Å². The van der Waals surface area contributed by atoms with Gasteiger partial charge in [-0.15, -0.1) is 0 Å². The maximum Gasteiger partial charge on any atom is 0.338 e. The summed E-state index contributed by atoms with van der Waals surface area (Å²) in [6, 6.07) is 0. The number of rotatable bonds is 3. The third-order valence-corrected chi connectivity index (χ3v) is 1.38. The van der Waals surface area contributed by atoms with Crippen LogP contribution in [0.5, 0.6) is 0 Å². The maximum absolute atomic E-state index is 12.3. The van der Waals surface area contributed by atoms with Gasteiger partial charge < -0.3 is 5.11 Å². The summed E-state index contributed by atoms with van der Waals surface area (Å²) < 4.78 is 12.3. The molecule has 0 aromatic carbocycles. The summed E-state index contributed by atoms with van der Waals surface area (Å²) in [4.78, 5) is 9.92. The minimum Gasteiger partial charge on any atom is -0.479 e. The molecule has 0 aromatic heterocycles. The summed E-state index contributed by atoms with van der Waals surface area (Å²) in [6.45, 7) is 3.35. The zero-order valence-electron chi connectivity index (χ0n) is 5.60. The molecule has 0 rings (SSSR count). The Morgan fingerprint density at radius 1 is 1.78 bits per heavy atom. The first kappa shape index (κ1) is 8.40. The van der Waals surface area contributed by atoms with Crippen molar-refractivity contribution < 1.29 is 14.3 Å². The van der Waals surface area contributed by atoms with Crippen molar-refractivity contribution >= 4 is 5.97 Å². The SMILES string of the molecule is CCC(C)[C@H](F)C(=O)O. The van der Waals surface area contributed by atoms with E-state index in [1.165, 1.54) is 0 Å². The number of hydrogen-bond donors (Lipinski definition) is 1. The highest BCUT2D eigenvalue weighted by Gasteiger charge is 2.21. The van der Waals surface area contributed by atoms with Crippen LogP contribution in [0.4, 0.5) is 4.39 Å². The van der Waals surface area contributed by atoms with Crippen LogP contribution in [0.1, 0.15) is 20.3 Å². The lowest BCUT2D eigenvalue weighted by Gasteiger charge is -2.08. The molecule has 0 aliphatic heterocycles. The first-order chi connectivity index (χ1) is 4.09. The number of hydrogen-bond acceptors (Lipinski definition) is 1. The summed E-state index contributed by atoms with van der Waals surface area (Å²) in [7, 11) is 0. The summed E-state index contributed by atoms with van der Waals surface area (Å²) in [6.07, 6.45) is -1.14. The fourth-order valence-electron chi connectivity index (χ4n) is 0.450. The second-order valence-corrected chi connectivity index (χ2v) is 2.13. The lowest BCUT2D eigenvalue weighted by atomic mass is 10.0. The highest BCUT2D eigenvalue weighted by atomic mass is 19.1. The van der Waals surface area contributed by atoms with Crippen LogP contribution >= 0.6 is 0 Å². The van der Waals surface area contributed by atoms with Gasteiger partial charge in [-0.25, -0.2) is 9.18 Å². The predicted molar refractivity (Wildman–Crippen MR) is 32.0 cm³/mol. The van der Waals surface area contributed by atoms with Gasteiger partial charge in [-0.3, -0.25) is 0 Å². The topological polar surface area (TPSA) is 37.3 Å². The molecule has 9 heavy (non-hydrogen) atoms. The molecule has 0 saturated carbocycles. The summed E-state index contributed by atoms with van der Waals surface area (Å²) >= 11 is 0. The van der Waals surface area contributed by atoms with Crippen LogP contribution in [0.3, 0.4) is 0 Å². The van der Waals surface area contributed by atoms with Crippen molar-refractivity contribution in [2.45, 2.75) is 26.4 Å². The summed E-state index contributed by atoms with van der Waals surface area (Å²) in [5.74, 6) is -1.73. The van der Waals surface area contributed by atoms with Crippen molar-refractivity contribution in [2.75, 3.05) is 0 Å². The summed E-state index contributed by atoms with van der Waals surface area (Å²) in [5, 5.41) is 8.11. The Kier molecular flexibility index (Phi) is 3.20. The van der Waals surface area contributed by atoms with Gasteiger partial charge >= 0.3 is 5.97 Å². The van der Waals surface area contributed by atoms with Gasteiger partial charge in [0.15, 0.2) is 6.17 Å². The molecule has 0 heterocycles. The minimum atomic E-state index is -1.70. The van der Waals surface area contributed by atoms with E-state index < -0.39 is 12.1 Å². The molecule has 0 radical (unpaired) electrons. The van der Waals surface area contributed by atoms with E-state index in [0.717, 1.165) is 0 Å². The predicted octanol–water partition coefficient (Wildman–Crippen LogP) is 1.46. The van der Waals surface area contributed by atoms with E-state index in [4.69, 9.17) is 5.11 Å². The number of halogens is 1. The largest absolute Gasteiger partial charge is 0.479 e. The quantitative estimate of drug-likeness (QED) is 0.634. The molecule has 1 N–H and O–H groups in total. The van der Waals surface area contributed by atoms with Crippen molar-refractivity contribution in [2.24, 2.45) is 5.92 Å². The molecule has 1 unspecified atom stereocenters. The van der Waals surface area contributed by atoms with Crippen LogP contribution < -0.4 is 0 Å². The van der Waals surface area contributed by atoms with Gasteiger partial charge in [0, 0.05) is 0 Å². The molecule has 0 aromatic rings. The van der Waals surface area contributed by atoms with E-state index >= 15 is 0 Å². The van der Waals surface area contributed by atoms with Gasteiger partial charge in [0.25, 0.3) is 0 Å². The molecule has 0 aliphatic rings. The molecular weight excluding hydrogens is 123 g/mol. The third-order valence-electron chi connectivity index (χ3n) is 1.38. The van der Waals surface area contributed by atoms with Crippen LogP contribution in [0.2, 0.25) is 0 Å². The van der Waals surface area contributed by atoms with Crippen molar-refractivity contribution in [3.05, 3.63) is 0 Å². The number of carbonyl (C=O) groups is 1. The lowest BCUT2D eigenvalue weighted by molar-refractivity contribution is -0.144. The van der Waals surface area contributed by atoms with Crippen molar-refractivity contribution in [3.8, 4) is 0 Å².